The van der Waals surface area contributed by atoms with Gasteiger partial charge in [-0.25, -0.2) is 9.97 Å². The van der Waals surface area contributed by atoms with Crippen molar-refractivity contribution in [3.63, 3.8) is 0 Å². The van der Waals surface area contributed by atoms with Gasteiger partial charge in [-0.1, -0.05) is 12.1 Å². The van der Waals surface area contributed by atoms with E-state index in [9.17, 15) is 4.79 Å². The molecule has 146 valence electrons. The smallest absolute Gasteiger partial charge is 0.251 e. The molecule has 1 atom stereocenters. The fourth-order valence-electron chi connectivity index (χ4n) is 3.84. The Morgan fingerprint density at radius 1 is 1.21 bits per heavy atom. The quantitative estimate of drug-likeness (QED) is 0.567. The topological polar surface area (TPSA) is 76.8 Å². The summed E-state index contributed by atoms with van der Waals surface area (Å²) in [5.41, 5.74) is 4.65. The van der Waals surface area contributed by atoms with Gasteiger partial charge in [0.05, 0.1) is 23.6 Å². The average Bonchev–Trinajstić information content (AvgIpc) is 3.30. The third-order valence-electron chi connectivity index (χ3n) is 5.32. The highest BCUT2D eigenvalue weighted by molar-refractivity contribution is 5.97. The molecular formula is C22H22N6O. The molecule has 0 bridgehead atoms. The van der Waals surface area contributed by atoms with Crippen molar-refractivity contribution in [1.82, 2.24) is 29.7 Å². The Labute approximate surface area is 168 Å². The van der Waals surface area contributed by atoms with Crippen molar-refractivity contribution in [3.8, 4) is 5.69 Å². The standard InChI is InChI=1S/C22H22N6O/c1-15-3-2-4-18(9-15)28-14-25-19-10-16(5-6-20(19)28)22(29)26-17-11-23-12-21-24-7-8-27(21)13-17/h2-10,14,17,23H,11-13H2,1H3,(H,26,29). The van der Waals surface area contributed by atoms with Crippen molar-refractivity contribution in [1.29, 1.82) is 0 Å². The molecule has 7 nitrogen and oxygen atoms in total. The van der Waals surface area contributed by atoms with Crippen LogP contribution in [-0.2, 0) is 13.1 Å². The zero-order valence-electron chi connectivity index (χ0n) is 16.2. The highest BCUT2D eigenvalue weighted by Gasteiger charge is 2.19. The molecule has 2 aromatic heterocycles. The number of carbonyl (C=O) groups excluding carboxylic acids is 1. The van der Waals surface area contributed by atoms with E-state index in [1.54, 1.807) is 12.5 Å². The number of benzene rings is 2. The van der Waals surface area contributed by atoms with Crippen LogP contribution in [0.2, 0.25) is 0 Å². The molecule has 4 aromatic rings. The molecule has 5 rings (SSSR count). The summed E-state index contributed by atoms with van der Waals surface area (Å²) >= 11 is 0. The first-order valence-corrected chi connectivity index (χ1v) is 9.73. The molecule has 1 aliphatic rings. The van der Waals surface area contributed by atoms with Gasteiger partial charge in [-0.05, 0) is 42.8 Å². The number of fused-ring (bicyclic) bond motifs is 2. The van der Waals surface area contributed by atoms with Crippen LogP contribution in [0.25, 0.3) is 16.7 Å². The summed E-state index contributed by atoms with van der Waals surface area (Å²) in [6, 6.07) is 13.9. The zero-order valence-corrected chi connectivity index (χ0v) is 16.2. The zero-order chi connectivity index (χ0) is 19.8. The summed E-state index contributed by atoms with van der Waals surface area (Å²) in [5.74, 6) is 0.900. The van der Waals surface area contributed by atoms with Crippen LogP contribution < -0.4 is 10.6 Å². The summed E-state index contributed by atoms with van der Waals surface area (Å²) in [6.45, 7) is 4.19. The Bertz CT molecular complexity index is 1190. The highest BCUT2D eigenvalue weighted by Crippen LogP contribution is 2.20. The second kappa shape index (κ2) is 7.18. The first-order valence-electron chi connectivity index (χ1n) is 9.73. The number of hydrogen-bond donors (Lipinski definition) is 2. The first-order chi connectivity index (χ1) is 14.2. The minimum absolute atomic E-state index is 0.00139. The lowest BCUT2D eigenvalue weighted by Crippen LogP contribution is -2.42. The molecule has 1 amide bonds. The average molecular weight is 386 g/mol. The van der Waals surface area contributed by atoms with Crippen molar-refractivity contribution in [3.05, 3.63) is 78.1 Å². The van der Waals surface area contributed by atoms with Gasteiger partial charge in [-0.15, -0.1) is 0 Å². The van der Waals surface area contributed by atoms with Crippen LogP contribution in [-0.4, -0.2) is 37.6 Å². The van der Waals surface area contributed by atoms with Crippen molar-refractivity contribution in [2.24, 2.45) is 0 Å². The molecule has 0 fully saturated rings. The maximum Gasteiger partial charge on any atom is 0.251 e. The van der Waals surface area contributed by atoms with E-state index >= 15 is 0 Å². The molecule has 2 N–H and O–H groups in total. The molecular weight excluding hydrogens is 364 g/mol. The molecule has 1 aliphatic heterocycles. The van der Waals surface area contributed by atoms with Crippen LogP contribution in [0, 0.1) is 6.92 Å². The van der Waals surface area contributed by atoms with Gasteiger partial charge in [0.25, 0.3) is 5.91 Å². The normalized spacial score (nSPS) is 16.4. The van der Waals surface area contributed by atoms with Crippen LogP contribution >= 0.6 is 0 Å². The SMILES string of the molecule is Cc1cccc(-n2cnc3cc(C(=O)NC4CNCc5nccn5C4)ccc32)c1. The van der Waals surface area contributed by atoms with E-state index in [4.69, 9.17) is 0 Å². The second-order valence-corrected chi connectivity index (χ2v) is 7.45. The lowest BCUT2D eigenvalue weighted by molar-refractivity contribution is 0.0933. The number of imidazole rings is 2. The van der Waals surface area contributed by atoms with Crippen LogP contribution in [0.1, 0.15) is 21.7 Å². The maximum absolute atomic E-state index is 12.8. The molecule has 2 aromatic carbocycles. The second-order valence-electron chi connectivity index (χ2n) is 7.45. The van der Waals surface area contributed by atoms with Crippen molar-refractivity contribution < 1.29 is 4.79 Å². The Morgan fingerprint density at radius 3 is 3.03 bits per heavy atom. The fourth-order valence-corrected chi connectivity index (χ4v) is 3.84. The number of amides is 1. The summed E-state index contributed by atoms with van der Waals surface area (Å²) in [4.78, 5) is 21.7. The van der Waals surface area contributed by atoms with Crippen molar-refractivity contribution in [2.45, 2.75) is 26.1 Å². The summed E-state index contributed by atoms with van der Waals surface area (Å²) < 4.78 is 4.12. The number of aromatic nitrogens is 4. The largest absolute Gasteiger partial charge is 0.346 e. The van der Waals surface area contributed by atoms with E-state index in [1.165, 1.54) is 5.56 Å². The van der Waals surface area contributed by atoms with Crippen molar-refractivity contribution >= 4 is 16.9 Å². The lowest BCUT2D eigenvalue weighted by Gasteiger charge is -2.17. The van der Waals surface area contributed by atoms with Crippen LogP contribution in [0.5, 0.6) is 0 Å². The fraction of sp³-hybridized carbons (Fsp3) is 0.227. The van der Waals surface area contributed by atoms with Crippen LogP contribution in [0.4, 0.5) is 0 Å². The minimum atomic E-state index is -0.0904. The molecule has 29 heavy (non-hydrogen) atoms. The van der Waals surface area contributed by atoms with Gasteiger partial charge in [0, 0.05) is 36.7 Å². The summed E-state index contributed by atoms with van der Waals surface area (Å²) in [7, 11) is 0. The molecule has 1 unspecified atom stereocenters. The predicted octanol–water partition coefficient (Wildman–Crippen LogP) is 2.43. The van der Waals surface area contributed by atoms with Crippen LogP contribution in [0.15, 0.2) is 61.2 Å². The third kappa shape index (κ3) is 3.40. The minimum Gasteiger partial charge on any atom is -0.346 e. The van der Waals surface area contributed by atoms with Gasteiger partial charge < -0.3 is 15.2 Å². The third-order valence-corrected chi connectivity index (χ3v) is 5.32. The van der Waals surface area contributed by atoms with E-state index in [1.807, 2.05) is 35.0 Å². The Kier molecular flexibility index (Phi) is 4.37. The maximum atomic E-state index is 12.8. The van der Waals surface area contributed by atoms with Crippen molar-refractivity contribution in [2.75, 3.05) is 6.54 Å². The molecule has 0 aliphatic carbocycles. The van der Waals surface area contributed by atoms with E-state index in [2.05, 4.69) is 50.3 Å². The number of hydrogen-bond acceptors (Lipinski definition) is 4. The van der Waals surface area contributed by atoms with Gasteiger partial charge >= 0.3 is 0 Å². The number of carbonyl (C=O) groups is 1. The molecule has 0 saturated carbocycles. The summed E-state index contributed by atoms with van der Waals surface area (Å²) in [5, 5.41) is 6.47. The van der Waals surface area contributed by atoms with E-state index in [0.717, 1.165) is 22.5 Å². The van der Waals surface area contributed by atoms with Gasteiger partial charge in [-0.2, -0.15) is 0 Å². The Morgan fingerprint density at radius 2 is 2.14 bits per heavy atom. The molecule has 3 heterocycles. The molecule has 0 spiro atoms. The predicted molar refractivity (Wildman–Crippen MR) is 111 cm³/mol. The number of rotatable bonds is 3. The summed E-state index contributed by atoms with van der Waals surface area (Å²) in [6.07, 6.45) is 5.54. The van der Waals surface area contributed by atoms with Gasteiger partial charge in [0.15, 0.2) is 0 Å². The number of nitrogens with zero attached hydrogens (tertiary/aromatic N) is 4. The Balaban J connectivity index is 1.37. The van der Waals surface area contributed by atoms with Crippen LogP contribution in [0.3, 0.4) is 0 Å². The van der Waals surface area contributed by atoms with E-state index < -0.39 is 0 Å². The van der Waals surface area contributed by atoms with E-state index in [-0.39, 0.29) is 11.9 Å². The highest BCUT2D eigenvalue weighted by atomic mass is 16.1. The number of aryl methyl sites for hydroxylation is 1. The monoisotopic (exact) mass is 386 g/mol. The first kappa shape index (κ1) is 17.6. The molecule has 0 radical (unpaired) electrons. The number of nitrogens with one attached hydrogen (secondary N) is 2. The van der Waals surface area contributed by atoms with Gasteiger partial charge in [0.1, 0.15) is 12.2 Å². The van der Waals surface area contributed by atoms with Gasteiger partial charge in [-0.3, -0.25) is 9.36 Å². The molecule has 7 heteroatoms. The van der Waals surface area contributed by atoms with Gasteiger partial charge in [0.2, 0.25) is 0 Å². The lowest BCUT2D eigenvalue weighted by atomic mass is 10.1. The molecule has 0 saturated heterocycles. The Hall–Kier alpha value is -3.45. The van der Waals surface area contributed by atoms with E-state index in [0.29, 0.717) is 25.2 Å².